The smallest absolute Gasteiger partial charge is 0.252 e. The Bertz CT molecular complexity index is 995. The van der Waals surface area contributed by atoms with Gasteiger partial charge in [-0.1, -0.05) is 30.3 Å². The summed E-state index contributed by atoms with van der Waals surface area (Å²) >= 11 is 0. The minimum Gasteiger partial charge on any atom is -0.387 e. The van der Waals surface area contributed by atoms with Gasteiger partial charge in [-0.15, -0.1) is 0 Å². The molecule has 1 aliphatic heterocycles. The number of hydrogen-bond acceptors (Lipinski definition) is 8. The normalized spacial score (nSPS) is 24.0. The molecule has 4 rings (SSSR count). The van der Waals surface area contributed by atoms with E-state index < -0.39 is 30.4 Å². The first kappa shape index (κ1) is 19.2. The number of aromatic nitrogens is 4. The lowest BCUT2D eigenvalue weighted by molar-refractivity contribution is -0.137. The van der Waals surface area contributed by atoms with E-state index in [-0.39, 0.29) is 0 Å². The van der Waals surface area contributed by atoms with E-state index in [1.54, 1.807) is 6.92 Å². The lowest BCUT2D eigenvalue weighted by Crippen LogP contribution is -2.42. The summed E-state index contributed by atoms with van der Waals surface area (Å²) in [6.45, 7) is 2.71. The van der Waals surface area contributed by atoms with Crippen molar-refractivity contribution < 1.29 is 19.7 Å². The van der Waals surface area contributed by atoms with Crippen LogP contribution in [-0.4, -0.2) is 60.5 Å². The van der Waals surface area contributed by atoms with Crippen molar-refractivity contribution >= 4 is 22.9 Å². The Morgan fingerprint density at radius 2 is 1.97 bits per heavy atom. The second-order valence-electron chi connectivity index (χ2n) is 6.71. The number of likely N-dealkylation sites (N-methyl/N-ethyl adjacent to an activating group) is 1. The fourth-order valence-electron chi connectivity index (χ4n) is 3.33. The number of aliphatic hydroxyl groups is 2. The van der Waals surface area contributed by atoms with E-state index in [1.807, 2.05) is 30.3 Å². The summed E-state index contributed by atoms with van der Waals surface area (Å²) < 4.78 is 7.15. The predicted molar refractivity (Wildman–Crippen MR) is 104 cm³/mol. The Morgan fingerprint density at radius 1 is 1.17 bits per heavy atom. The Morgan fingerprint density at radius 3 is 2.72 bits per heavy atom. The lowest BCUT2D eigenvalue weighted by Gasteiger charge is -2.16. The molecule has 1 amide bonds. The number of hydrogen-bond donors (Lipinski definition) is 4. The highest BCUT2D eigenvalue weighted by Gasteiger charge is 2.47. The van der Waals surface area contributed by atoms with Gasteiger partial charge >= 0.3 is 0 Å². The highest BCUT2D eigenvalue weighted by molar-refractivity contribution is 5.83. The molecule has 3 heterocycles. The Balaban J connectivity index is 1.58. The topological polar surface area (TPSA) is 134 Å². The standard InChI is InChI=1S/C19H22N6O4/c1-2-20-18(28)15-13(26)14(27)19(29-15)25-10-24-12-16(22-9-23-17(12)25)21-8-11-6-4-3-5-7-11/h3-7,9-10,13-15,19,26-27H,2,8H2,1H3,(H,20,28)(H,21,22,23)/t13?,14-,15-,19+/m1/s1. The minimum atomic E-state index is -1.36. The summed E-state index contributed by atoms with van der Waals surface area (Å²) in [7, 11) is 0. The molecule has 2 aromatic heterocycles. The summed E-state index contributed by atoms with van der Waals surface area (Å²) in [6, 6.07) is 9.85. The molecule has 0 saturated carbocycles. The first-order valence-corrected chi connectivity index (χ1v) is 9.34. The average Bonchev–Trinajstić information content (AvgIpc) is 3.29. The number of anilines is 1. The van der Waals surface area contributed by atoms with Gasteiger partial charge in [0.25, 0.3) is 5.91 Å². The first-order chi connectivity index (χ1) is 14.1. The van der Waals surface area contributed by atoms with Crippen LogP contribution in [0.25, 0.3) is 11.2 Å². The van der Waals surface area contributed by atoms with Crippen LogP contribution in [-0.2, 0) is 16.1 Å². The zero-order valence-corrected chi connectivity index (χ0v) is 15.8. The summed E-state index contributed by atoms with van der Waals surface area (Å²) in [6.07, 6.45) is -2.01. The molecule has 1 saturated heterocycles. The van der Waals surface area contributed by atoms with Crippen LogP contribution in [0.15, 0.2) is 43.0 Å². The quantitative estimate of drug-likeness (QED) is 0.462. The molecule has 1 aromatic carbocycles. The van der Waals surface area contributed by atoms with Gasteiger partial charge in [-0.2, -0.15) is 0 Å². The third-order valence-corrected chi connectivity index (χ3v) is 4.78. The Hall–Kier alpha value is -3.08. The zero-order chi connectivity index (χ0) is 20.4. The van der Waals surface area contributed by atoms with Gasteiger partial charge in [-0.25, -0.2) is 15.0 Å². The van der Waals surface area contributed by atoms with Gasteiger partial charge in [0.05, 0.1) is 6.33 Å². The molecule has 3 aromatic rings. The Labute approximate surface area is 166 Å². The molecule has 152 valence electrons. The number of fused-ring (bicyclic) bond motifs is 1. The van der Waals surface area contributed by atoms with Crippen LogP contribution < -0.4 is 10.6 Å². The van der Waals surface area contributed by atoms with Crippen LogP contribution in [0, 0.1) is 0 Å². The molecule has 4 atom stereocenters. The highest BCUT2D eigenvalue weighted by atomic mass is 16.6. The van der Waals surface area contributed by atoms with Crippen LogP contribution in [0.2, 0.25) is 0 Å². The number of nitrogens with zero attached hydrogens (tertiary/aromatic N) is 4. The summed E-state index contributed by atoms with van der Waals surface area (Å²) in [4.78, 5) is 24.9. The van der Waals surface area contributed by atoms with E-state index in [1.165, 1.54) is 17.2 Å². The van der Waals surface area contributed by atoms with Crippen molar-refractivity contribution in [1.82, 2.24) is 24.8 Å². The van der Waals surface area contributed by atoms with E-state index in [2.05, 4.69) is 25.6 Å². The van der Waals surface area contributed by atoms with Crippen LogP contribution in [0.1, 0.15) is 18.7 Å². The van der Waals surface area contributed by atoms with Gasteiger partial charge in [0.15, 0.2) is 29.3 Å². The van der Waals surface area contributed by atoms with E-state index in [0.717, 1.165) is 5.56 Å². The molecule has 29 heavy (non-hydrogen) atoms. The van der Waals surface area contributed by atoms with Gasteiger partial charge in [0.1, 0.15) is 18.5 Å². The van der Waals surface area contributed by atoms with Crippen molar-refractivity contribution in [2.45, 2.75) is 38.0 Å². The maximum atomic E-state index is 12.1. The molecule has 0 aliphatic carbocycles. The highest BCUT2D eigenvalue weighted by Crippen LogP contribution is 2.32. The van der Waals surface area contributed by atoms with Gasteiger partial charge in [0.2, 0.25) is 0 Å². The van der Waals surface area contributed by atoms with Gasteiger partial charge < -0.3 is 25.6 Å². The van der Waals surface area contributed by atoms with Crippen LogP contribution in [0.3, 0.4) is 0 Å². The first-order valence-electron chi connectivity index (χ1n) is 9.34. The summed E-state index contributed by atoms with van der Waals surface area (Å²) in [5.41, 5.74) is 2.00. The second-order valence-corrected chi connectivity index (χ2v) is 6.71. The van der Waals surface area contributed by atoms with Gasteiger partial charge in [-0.05, 0) is 12.5 Å². The number of benzene rings is 1. The van der Waals surface area contributed by atoms with E-state index in [0.29, 0.717) is 30.1 Å². The third-order valence-electron chi connectivity index (χ3n) is 4.78. The molecule has 1 fully saturated rings. The number of amides is 1. The van der Waals surface area contributed by atoms with Crippen molar-refractivity contribution in [2.75, 3.05) is 11.9 Å². The third kappa shape index (κ3) is 3.65. The molecule has 0 spiro atoms. The van der Waals surface area contributed by atoms with Crippen molar-refractivity contribution in [3.8, 4) is 0 Å². The monoisotopic (exact) mass is 398 g/mol. The molecule has 0 bridgehead atoms. The van der Waals surface area contributed by atoms with E-state index >= 15 is 0 Å². The summed E-state index contributed by atoms with van der Waals surface area (Å²) in [5, 5.41) is 26.5. The van der Waals surface area contributed by atoms with Crippen LogP contribution >= 0.6 is 0 Å². The maximum absolute atomic E-state index is 12.1. The minimum absolute atomic E-state index is 0.393. The van der Waals surface area contributed by atoms with Crippen LogP contribution in [0.5, 0.6) is 0 Å². The number of carbonyl (C=O) groups excluding carboxylic acids is 1. The van der Waals surface area contributed by atoms with Gasteiger partial charge in [-0.3, -0.25) is 9.36 Å². The molecule has 4 N–H and O–H groups in total. The predicted octanol–water partition coefficient (Wildman–Crippen LogP) is 0.194. The number of rotatable bonds is 6. The Kier molecular flexibility index (Phi) is 5.38. The van der Waals surface area contributed by atoms with Crippen molar-refractivity contribution in [3.63, 3.8) is 0 Å². The molecular weight excluding hydrogens is 376 g/mol. The molecule has 0 radical (unpaired) electrons. The lowest BCUT2D eigenvalue weighted by atomic mass is 10.1. The molecule has 10 heteroatoms. The van der Waals surface area contributed by atoms with E-state index in [4.69, 9.17) is 4.74 Å². The number of imidazole rings is 1. The second kappa shape index (κ2) is 8.11. The van der Waals surface area contributed by atoms with Crippen molar-refractivity contribution in [1.29, 1.82) is 0 Å². The van der Waals surface area contributed by atoms with Gasteiger partial charge in [0, 0.05) is 13.1 Å². The van der Waals surface area contributed by atoms with E-state index in [9.17, 15) is 15.0 Å². The van der Waals surface area contributed by atoms with Crippen molar-refractivity contribution in [3.05, 3.63) is 48.5 Å². The number of aliphatic hydroxyl groups excluding tert-OH is 2. The number of ether oxygens (including phenoxy) is 1. The fourth-order valence-corrected chi connectivity index (χ4v) is 3.33. The maximum Gasteiger partial charge on any atom is 0.252 e. The summed E-state index contributed by atoms with van der Waals surface area (Å²) in [5.74, 6) is 0.0525. The zero-order valence-electron chi connectivity index (χ0n) is 15.8. The van der Waals surface area contributed by atoms with Crippen molar-refractivity contribution in [2.24, 2.45) is 0 Å². The molecule has 10 nitrogen and oxygen atoms in total. The average molecular weight is 398 g/mol. The molecule has 1 unspecified atom stereocenters. The number of nitrogens with one attached hydrogen (secondary N) is 2. The fraction of sp³-hybridized carbons (Fsp3) is 0.368. The van der Waals surface area contributed by atoms with Crippen LogP contribution in [0.4, 0.5) is 5.82 Å². The SMILES string of the molecule is CCNC(=O)[C@@H]1O[C@H](n2cnc3c(NCc4ccccc4)ncnc32)[C@H](O)C1O. The molecule has 1 aliphatic rings. The molecular formula is C19H22N6O4. The number of carbonyl (C=O) groups is 1. The largest absolute Gasteiger partial charge is 0.387 e.